The van der Waals surface area contributed by atoms with Gasteiger partial charge in [0.25, 0.3) is 0 Å². The number of aliphatic hydroxyl groups is 2. The van der Waals surface area contributed by atoms with E-state index < -0.39 is 5.79 Å². The zero-order chi connectivity index (χ0) is 11.1. The van der Waals surface area contributed by atoms with Gasteiger partial charge in [-0.3, -0.25) is 0 Å². The molecule has 0 fully saturated rings. The van der Waals surface area contributed by atoms with Crippen LogP contribution in [0.5, 0.6) is 0 Å². The van der Waals surface area contributed by atoms with Crippen molar-refractivity contribution in [2.24, 2.45) is 0 Å². The highest BCUT2D eigenvalue weighted by Crippen LogP contribution is 2.31. The number of aryl methyl sites for hydroxylation is 1. The normalized spacial score (nSPS) is 23.6. The van der Waals surface area contributed by atoms with Gasteiger partial charge in [-0.1, -0.05) is 25.1 Å². The molecular weight excluding hydrogens is 190 g/mol. The van der Waals surface area contributed by atoms with Crippen LogP contribution in [0.25, 0.3) is 0 Å². The molecule has 0 saturated heterocycles. The number of fused-ring (bicyclic) bond motifs is 1. The third-order valence-electron chi connectivity index (χ3n) is 3.08. The molecular formula is C12H17NO2. The number of nitrogens with one attached hydrogen (secondary N) is 1. The Balaban J connectivity index is 2.53. The Morgan fingerprint density at radius 2 is 2.20 bits per heavy atom. The van der Waals surface area contributed by atoms with E-state index in [1.54, 1.807) is 0 Å². The summed E-state index contributed by atoms with van der Waals surface area (Å²) in [7, 11) is 0. The minimum absolute atomic E-state index is 0.179. The van der Waals surface area contributed by atoms with Gasteiger partial charge in [0.15, 0.2) is 0 Å². The molecule has 0 amide bonds. The van der Waals surface area contributed by atoms with Crippen LogP contribution in [0.4, 0.5) is 0 Å². The zero-order valence-corrected chi connectivity index (χ0v) is 9.12. The lowest BCUT2D eigenvalue weighted by Gasteiger charge is -2.34. The smallest absolute Gasteiger partial charge is 0.203 e. The highest BCUT2D eigenvalue weighted by molar-refractivity contribution is 5.39. The molecule has 0 bridgehead atoms. The predicted molar refractivity (Wildman–Crippen MR) is 58.4 cm³/mol. The maximum Gasteiger partial charge on any atom is 0.203 e. The molecule has 3 nitrogen and oxygen atoms in total. The van der Waals surface area contributed by atoms with Gasteiger partial charge >= 0.3 is 0 Å². The Bertz CT molecular complexity index is 374. The van der Waals surface area contributed by atoms with E-state index >= 15 is 0 Å². The summed E-state index contributed by atoms with van der Waals surface area (Å²) in [6.45, 7) is 4.27. The maximum atomic E-state index is 9.86. The van der Waals surface area contributed by atoms with Gasteiger partial charge in [-0.15, -0.1) is 0 Å². The molecule has 1 atom stereocenters. The van der Waals surface area contributed by atoms with Gasteiger partial charge in [0.2, 0.25) is 5.79 Å². The van der Waals surface area contributed by atoms with Crippen LogP contribution in [0.15, 0.2) is 18.2 Å². The van der Waals surface area contributed by atoms with E-state index in [-0.39, 0.29) is 12.6 Å². The summed E-state index contributed by atoms with van der Waals surface area (Å²) in [4.78, 5) is 0. The fourth-order valence-corrected chi connectivity index (χ4v) is 2.05. The van der Waals surface area contributed by atoms with Crippen LogP contribution in [0.1, 0.15) is 36.6 Å². The summed E-state index contributed by atoms with van der Waals surface area (Å²) in [6, 6.07) is 6.09. The summed E-state index contributed by atoms with van der Waals surface area (Å²) in [5, 5.41) is 22.8. The van der Waals surface area contributed by atoms with Crippen molar-refractivity contribution in [3.8, 4) is 0 Å². The van der Waals surface area contributed by atoms with E-state index in [1.165, 1.54) is 0 Å². The van der Waals surface area contributed by atoms with Crippen LogP contribution >= 0.6 is 0 Å². The van der Waals surface area contributed by atoms with Crippen molar-refractivity contribution in [1.29, 1.82) is 0 Å². The van der Waals surface area contributed by atoms with Gasteiger partial charge in [0.1, 0.15) is 0 Å². The third-order valence-corrected chi connectivity index (χ3v) is 3.08. The number of β-amino-alcohol motifs (C(OH)–C–C–N with tert-alkyl or cyclic N) is 2. The summed E-state index contributed by atoms with van der Waals surface area (Å²) in [5.41, 5.74) is 2.76. The molecule has 15 heavy (non-hydrogen) atoms. The molecule has 2 rings (SSSR count). The van der Waals surface area contributed by atoms with Crippen LogP contribution in [0.2, 0.25) is 0 Å². The van der Waals surface area contributed by atoms with Crippen molar-refractivity contribution in [2.75, 3.05) is 6.54 Å². The summed E-state index contributed by atoms with van der Waals surface area (Å²) >= 11 is 0. The molecule has 1 aromatic rings. The quantitative estimate of drug-likeness (QED) is 0.603. The standard InChI is InChI=1S/C12H17NO2/c1-3-9-4-5-10-8(2)13-7-12(14,15)11(10)6-9/h4-6,8,13-15H,3,7H2,1-2H3. The highest BCUT2D eigenvalue weighted by Gasteiger charge is 2.34. The van der Waals surface area contributed by atoms with Gasteiger partial charge in [-0.25, -0.2) is 0 Å². The van der Waals surface area contributed by atoms with E-state index in [0.29, 0.717) is 5.56 Å². The fraction of sp³-hybridized carbons (Fsp3) is 0.500. The largest absolute Gasteiger partial charge is 0.361 e. The zero-order valence-electron chi connectivity index (χ0n) is 9.12. The van der Waals surface area contributed by atoms with Gasteiger partial charge in [-0.05, 0) is 24.5 Å². The SMILES string of the molecule is CCc1ccc2c(c1)C(O)(O)CNC2C. The molecule has 3 heteroatoms. The molecule has 1 unspecified atom stereocenters. The number of rotatable bonds is 1. The van der Waals surface area contributed by atoms with Crippen molar-refractivity contribution < 1.29 is 10.2 Å². The maximum absolute atomic E-state index is 9.86. The number of benzene rings is 1. The fourth-order valence-electron chi connectivity index (χ4n) is 2.05. The number of hydrogen-bond donors (Lipinski definition) is 3. The van der Waals surface area contributed by atoms with Crippen LogP contribution in [0, 0.1) is 0 Å². The van der Waals surface area contributed by atoms with Crippen LogP contribution in [-0.2, 0) is 12.2 Å². The Hall–Kier alpha value is -0.900. The van der Waals surface area contributed by atoms with E-state index in [2.05, 4.69) is 12.2 Å². The molecule has 1 aliphatic rings. The number of hydrogen-bond acceptors (Lipinski definition) is 3. The molecule has 0 aromatic heterocycles. The van der Waals surface area contributed by atoms with Gasteiger partial charge in [0, 0.05) is 11.6 Å². The van der Waals surface area contributed by atoms with E-state index in [1.807, 2.05) is 25.1 Å². The molecule has 0 aliphatic carbocycles. The average molecular weight is 207 g/mol. The minimum Gasteiger partial charge on any atom is -0.361 e. The minimum atomic E-state index is -1.73. The molecule has 1 aliphatic heterocycles. The second-order valence-corrected chi connectivity index (χ2v) is 4.19. The van der Waals surface area contributed by atoms with E-state index in [0.717, 1.165) is 17.5 Å². The summed E-state index contributed by atoms with van der Waals surface area (Å²) in [6.07, 6.45) is 0.908. The lowest BCUT2D eigenvalue weighted by Crippen LogP contribution is -2.44. The van der Waals surface area contributed by atoms with Gasteiger partial charge in [-0.2, -0.15) is 0 Å². The van der Waals surface area contributed by atoms with Crippen molar-refractivity contribution in [2.45, 2.75) is 32.1 Å². The molecule has 0 radical (unpaired) electrons. The van der Waals surface area contributed by atoms with E-state index in [4.69, 9.17) is 0 Å². The highest BCUT2D eigenvalue weighted by atomic mass is 16.5. The third kappa shape index (κ3) is 1.78. The van der Waals surface area contributed by atoms with Crippen LogP contribution in [0.3, 0.4) is 0 Å². The lowest BCUT2D eigenvalue weighted by atomic mass is 9.89. The first-order valence-corrected chi connectivity index (χ1v) is 5.36. The first-order chi connectivity index (χ1) is 7.04. The second kappa shape index (κ2) is 3.59. The van der Waals surface area contributed by atoms with Crippen molar-refractivity contribution in [1.82, 2.24) is 5.32 Å². The molecule has 1 heterocycles. The van der Waals surface area contributed by atoms with Crippen LogP contribution in [-0.4, -0.2) is 16.8 Å². The summed E-state index contributed by atoms with van der Waals surface area (Å²) < 4.78 is 0. The van der Waals surface area contributed by atoms with E-state index in [9.17, 15) is 10.2 Å². The first kappa shape index (κ1) is 10.6. The predicted octanol–water partition coefficient (Wildman–Crippen LogP) is 1.05. The average Bonchev–Trinajstić information content (AvgIpc) is 2.24. The Kier molecular flexibility index (Phi) is 2.54. The lowest BCUT2D eigenvalue weighted by molar-refractivity contribution is -0.171. The molecule has 1 aromatic carbocycles. The van der Waals surface area contributed by atoms with Crippen molar-refractivity contribution in [3.05, 3.63) is 34.9 Å². The van der Waals surface area contributed by atoms with Gasteiger partial charge < -0.3 is 15.5 Å². The van der Waals surface area contributed by atoms with Gasteiger partial charge in [0.05, 0.1) is 6.54 Å². The molecule has 3 N–H and O–H groups in total. The van der Waals surface area contributed by atoms with Crippen molar-refractivity contribution in [3.63, 3.8) is 0 Å². The van der Waals surface area contributed by atoms with Crippen molar-refractivity contribution >= 4 is 0 Å². The monoisotopic (exact) mass is 207 g/mol. The summed E-state index contributed by atoms with van der Waals surface area (Å²) in [5.74, 6) is -1.73. The Morgan fingerprint density at radius 1 is 1.47 bits per heavy atom. The molecule has 0 saturated carbocycles. The topological polar surface area (TPSA) is 52.5 Å². The Labute approximate surface area is 89.8 Å². The van der Waals surface area contributed by atoms with Crippen LogP contribution < -0.4 is 5.32 Å². The molecule has 0 spiro atoms. The molecule has 82 valence electrons. The Morgan fingerprint density at radius 3 is 2.87 bits per heavy atom. The second-order valence-electron chi connectivity index (χ2n) is 4.19. The first-order valence-electron chi connectivity index (χ1n) is 5.36.